The van der Waals surface area contributed by atoms with Gasteiger partial charge in [0.25, 0.3) is 0 Å². The Hall–Kier alpha value is -2.87. The fourth-order valence-electron chi connectivity index (χ4n) is 2.54. The molecule has 8 heteroatoms. The highest BCUT2D eigenvalue weighted by Gasteiger charge is 2.25. The summed E-state index contributed by atoms with van der Waals surface area (Å²) in [5.74, 6) is -1.33. The van der Waals surface area contributed by atoms with Crippen LogP contribution in [0.5, 0.6) is 5.75 Å². The minimum atomic E-state index is -3.64. The molecular weight excluding hydrogens is 370 g/mol. The van der Waals surface area contributed by atoms with Crippen LogP contribution in [-0.2, 0) is 37.2 Å². The Labute approximate surface area is 157 Å². The van der Waals surface area contributed by atoms with Crippen molar-refractivity contribution in [2.24, 2.45) is 0 Å². The maximum absolute atomic E-state index is 12.4. The number of phenolic OH excluding ortho intramolecular Hbond substituents is 1. The Morgan fingerprint density at radius 2 is 1.81 bits per heavy atom. The third-order valence-electron chi connectivity index (χ3n) is 3.76. The molecule has 2 aromatic rings. The van der Waals surface area contributed by atoms with Crippen LogP contribution in [0.15, 0.2) is 53.4 Å². The molecule has 27 heavy (non-hydrogen) atoms. The van der Waals surface area contributed by atoms with Gasteiger partial charge in [-0.3, -0.25) is 4.79 Å². The van der Waals surface area contributed by atoms with Gasteiger partial charge < -0.3 is 15.2 Å². The molecule has 2 N–H and O–H groups in total. The van der Waals surface area contributed by atoms with E-state index in [0.717, 1.165) is 17.9 Å². The van der Waals surface area contributed by atoms with E-state index in [1.165, 1.54) is 19.1 Å². The topological polar surface area (TPSA) is 110 Å². The highest BCUT2D eigenvalue weighted by Crippen LogP contribution is 2.23. The van der Waals surface area contributed by atoms with Gasteiger partial charge in [0.2, 0.25) is 5.91 Å². The molecule has 2 aromatic carbocycles. The lowest BCUT2D eigenvalue weighted by Crippen LogP contribution is -2.42. The minimum Gasteiger partial charge on any atom is -0.508 e. The van der Waals surface area contributed by atoms with Crippen molar-refractivity contribution in [3.63, 3.8) is 0 Å². The SMILES string of the molecule is CC(=O)N[C@@H](Cc1ccc(O)cc1S(C)(=O)=O)C(=O)OCc1ccccc1. The highest BCUT2D eigenvalue weighted by molar-refractivity contribution is 7.90. The zero-order valence-electron chi connectivity index (χ0n) is 15.0. The predicted molar refractivity (Wildman–Crippen MR) is 98.8 cm³/mol. The largest absolute Gasteiger partial charge is 0.508 e. The maximum Gasteiger partial charge on any atom is 0.329 e. The van der Waals surface area contributed by atoms with Crippen LogP contribution in [0.3, 0.4) is 0 Å². The van der Waals surface area contributed by atoms with Crippen molar-refractivity contribution < 1.29 is 27.9 Å². The van der Waals surface area contributed by atoms with Gasteiger partial charge in [-0.2, -0.15) is 0 Å². The van der Waals surface area contributed by atoms with E-state index < -0.39 is 27.8 Å². The first-order valence-corrected chi connectivity index (χ1v) is 10.1. The van der Waals surface area contributed by atoms with Crippen LogP contribution in [0.1, 0.15) is 18.1 Å². The van der Waals surface area contributed by atoms with Gasteiger partial charge in [-0.25, -0.2) is 13.2 Å². The van der Waals surface area contributed by atoms with E-state index in [1.54, 1.807) is 12.1 Å². The van der Waals surface area contributed by atoms with Crippen LogP contribution in [0, 0.1) is 0 Å². The summed E-state index contributed by atoms with van der Waals surface area (Å²) in [5.41, 5.74) is 1.08. The lowest BCUT2D eigenvalue weighted by atomic mass is 10.1. The quantitative estimate of drug-likeness (QED) is 0.694. The van der Waals surface area contributed by atoms with Crippen molar-refractivity contribution in [3.8, 4) is 5.75 Å². The van der Waals surface area contributed by atoms with Gasteiger partial charge in [0.1, 0.15) is 18.4 Å². The average Bonchev–Trinajstić information content (AvgIpc) is 2.60. The molecule has 1 amide bonds. The smallest absolute Gasteiger partial charge is 0.329 e. The van der Waals surface area contributed by atoms with Crippen LogP contribution in [0.4, 0.5) is 0 Å². The number of carbonyl (C=O) groups excluding carboxylic acids is 2. The van der Waals surface area contributed by atoms with E-state index in [-0.39, 0.29) is 23.7 Å². The summed E-state index contributed by atoms with van der Waals surface area (Å²) in [6.45, 7) is 1.29. The Morgan fingerprint density at radius 1 is 1.15 bits per heavy atom. The molecule has 0 aromatic heterocycles. The predicted octanol–water partition coefficient (Wildman–Crippen LogP) is 1.59. The number of sulfone groups is 1. The van der Waals surface area contributed by atoms with Crippen molar-refractivity contribution in [1.82, 2.24) is 5.32 Å². The third-order valence-corrected chi connectivity index (χ3v) is 4.94. The van der Waals surface area contributed by atoms with Gasteiger partial charge >= 0.3 is 5.97 Å². The number of aromatic hydroxyl groups is 1. The molecule has 0 radical (unpaired) electrons. The van der Waals surface area contributed by atoms with Crippen molar-refractivity contribution in [3.05, 3.63) is 59.7 Å². The number of rotatable bonds is 7. The standard InChI is InChI=1S/C19H21NO6S/c1-13(21)20-17(19(23)26-12-14-6-4-3-5-7-14)10-15-8-9-16(22)11-18(15)27(2,24)25/h3-9,11,17,22H,10,12H2,1-2H3,(H,20,21)/t17-/m0/s1. The number of benzene rings is 2. The number of hydrogen-bond donors (Lipinski definition) is 2. The third kappa shape index (κ3) is 6.10. The minimum absolute atomic E-state index is 0.0320. The lowest BCUT2D eigenvalue weighted by molar-refractivity contribution is -0.149. The first-order valence-electron chi connectivity index (χ1n) is 8.16. The van der Waals surface area contributed by atoms with E-state index in [2.05, 4.69) is 5.32 Å². The summed E-state index contributed by atoms with van der Waals surface area (Å²) in [7, 11) is -3.64. The van der Waals surface area contributed by atoms with Gasteiger partial charge in [-0.15, -0.1) is 0 Å². The van der Waals surface area contributed by atoms with Crippen LogP contribution in [0.2, 0.25) is 0 Å². The molecule has 0 aliphatic rings. The highest BCUT2D eigenvalue weighted by atomic mass is 32.2. The molecule has 0 fully saturated rings. The molecule has 2 rings (SSSR count). The van der Waals surface area contributed by atoms with Gasteiger partial charge in [-0.1, -0.05) is 36.4 Å². The molecule has 0 spiro atoms. The Kier molecular flexibility index (Phi) is 6.57. The number of hydrogen-bond acceptors (Lipinski definition) is 6. The molecular formula is C19H21NO6S. The van der Waals surface area contributed by atoms with E-state index in [0.29, 0.717) is 5.56 Å². The van der Waals surface area contributed by atoms with E-state index in [4.69, 9.17) is 4.74 Å². The molecule has 7 nitrogen and oxygen atoms in total. The van der Waals surface area contributed by atoms with E-state index in [1.807, 2.05) is 18.2 Å². The first kappa shape index (κ1) is 20.4. The summed E-state index contributed by atoms with van der Waals surface area (Å²) in [6, 6.07) is 11.8. The van der Waals surface area contributed by atoms with Crippen molar-refractivity contribution in [1.29, 1.82) is 0 Å². The zero-order chi connectivity index (χ0) is 20.0. The fourth-order valence-corrected chi connectivity index (χ4v) is 3.51. The molecule has 144 valence electrons. The Bertz CT molecular complexity index is 924. The first-order chi connectivity index (χ1) is 12.7. The summed E-state index contributed by atoms with van der Waals surface area (Å²) < 4.78 is 29.2. The summed E-state index contributed by atoms with van der Waals surface area (Å²) in [6.07, 6.45) is 0.919. The second-order valence-electron chi connectivity index (χ2n) is 6.11. The molecule has 0 heterocycles. The van der Waals surface area contributed by atoms with Crippen molar-refractivity contribution >= 4 is 21.7 Å². The van der Waals surface area contributed by atoms with Crippen molar-refractivity contribution in [2.75, 3.05) is 6.26 Å². The second-order valence-corrected chi connectivity index (χ2v) is 8.10. The summed E-state index contributed by atoms with van der Waals surface area (Å²) >= 11 is 0. The van der Waals surface area contributed by atoms with Crippen molar-refractivity contribution in [2.45, 2.75) is 30.9 Å². The molecule has 0 saturated heterocycles. The number of esters is 1. The van der Waals surface area contributed by atoms with Gasteiger partial charge in [0.15, 0.2) is 9.84 Å². The second kappa shape index (κ2) is 8.68. The summed E-state index contributed by atoms with van der Waals surface area (Å²) in [4.78, 5) is 23.8. The normalized spacial score (nSPS) is 12.2. The maximum atomic E-state index is 12.4. The molecule has 0 unspecified atom stereocenters. The average molecular weight is 391 g/mol. The number of phenols is 1. The van der Waals surface area contributed by atoms with Crippen LogP contribution < -0.4 is 5.32 Å². The zero-order valence-corrected chi connectivity index (χ0v) is 15.8. The van der Waals surface area contributed by atoms with E-state index >= 15 is 0 Å². The Balaban J connectivity index is 2.22. The number of carbonyl (C=O) groups is 2. The number of amides is 1. The molecule has 0 aliphatic carbocycles. The van der Waals surface area contributed by atoms with Gasteiger partial charge in [-0.05, 0) is 23.3 Å². The lowest BCUT2D eigenvalue weighted by Gasteiger charge is -2.18. The van der Waals surface area contributed by atoms with Crippen LogP contribution >= 0.6 is 0 Å². The van der Waals surface area contributed by atoms with Crippen LogP contribution in [-0.4, -0.2) is 37.7 Å². The van der Waals surface area contributed by atoms with E-state index in [9.17, 15) is 23.1 Å². The Morgan fingerprint density at radius 3 is 2.41 bits per heavy atom. The van der Waals surface area contributed by atoms with Crippen LogP contribution in [0.25, 0.3) is 0 Å². The molecule has 0 bridgehead atoms. The fraction of sp³-hybridized carbons (Fsp3) is 0.263. The molecule has 0 saturated carbocycles. The number of nitrogens with one attached hydrogen (secondary N) is 1. The van der Waals surface area contributed by atoms with Gasteiger partial charge in [0.05, 0.1) is 4.90 Å². The monoisotopic (exact) mass is 391 g/mol. The van der Waals surface area contributed by atoms with Gasteiger partial charge in [0, 0.05) is 19.6 Å². The number of ether oxygens (including phenoxy) is 1. The molecule has 0 aliphatic heterocycles. The summed E-state index contributed by atoms with van der Waals surface area (Å²) in [5, 5.41) is 12.1. The molecule has 1 atom stereocenters.